The van der Waals surface area contributed by atoms with Gasteiger partial charge in [0.05, 0.1) is 20.6 Å². The van der Waals surface area contributed by atoms with Crippen LogP contribution in [0, 0.1) is 20.2 Å². The number of nitrogens with two attached hydrogens (primary N) is 1. The van der Waals surface area contributed by atoms with Crippen molar-refractivity contribution in [1.29, 1.82) is 0 Å². The van der Waals surface area contributed by atoms with Gasteiger partial charge in [-0.15, -0.1) is 0 Å². The van der Waals surface area contributed by atoms with Crippen LogP contribution in [0.1, 0.15) is 0 Å². The number of nitrogen functional groups attached to an aromatic ring is 1. The fourth-order valence-electron chi connectivity index (χ4n) is 1.26. The normalized spacial score (nSPS) is 10.5. The van der Waals surface area contributed by atoms with E-state index in [0.717, 1.165) is 17.4 Å². The third-order valence-electron chi connectivity index (χ3n) is 1.88. The Morgan fingerprint density at radius 3 is 2.50 bits per heavy atom. The number of fused-ring (bicyclic) bond motifs is 1. The van der Waals surface area contributed by atoms with Crippen LogP contribution in [0.25, 0.3) is 10.2 Å². The van der Waals surface area contributed by atoms with Gasteiger partial charge in [-0.05, 0) is 0 Å². The molecule has 0 spiro atoms. The third-order valence-corrected chi connectivity index (χ3v) is 2.72. The topological polar surface area (TPSA) is 125 Å². The Labute approximate surface area is 91.6 Å². The van der Waals surface area contributed by atoms with Crippen molar-refractivity contribution in [3.05, 3.63) is 32.4 Å². The van der Waals surface area contributed by atoms with Crippen molar-refractivity contribution in [1.82, 2.24) is 4.98 Å². The van der Waals surface area contributed by atoms with Gasteiger partial charge in [0.25, 0.3) is 5.69 Å². The Morgan fingerprint density at radius 2 is 1.94 bits per heavy atom. The largest absolute Gasteiger partial charge is 0.375 e. The number of nitrogens with zero attached hydrogens (tertiary/aromatic N) is 3. The van der Waals surface area contributed by atoms with E-state index in [1.807, 2.05) is 0 Å². The molecule has 16 heavy (non-hydrogen) atoms. The van der Waals surface area contributed by atoms with E-state index in [9.17, 15) is 20.2 Å². The molecule has 0 fully saturated rings. The zero-order valence-electron chi connectivity index (χ0n) is 7.61. The number of nitro benzene ring substituents is 2. The Morgan fingerprint density at radius 1 is 1.25 bits per heavy atom. The van der Waals surface area contributed by atoms with Gasteiger partial charge in [0.1, 0.15) is 0 Å². The molecule has 1 heterocycles. The van der Waals surface area contributed by atoms with Gasteiger partial charge in [0, 0.05) is 6.07 Å². The number of benzene rings is 1. The molecule has 0 radical (unpaired) electrons. The first-order valence-electron chi connectivity index (χ1n) is 3.98. The van der Waals surface area contributed by atoms with Gasteiger partial charge < -0.3 is 5.73 Å². The lowest BCUT2D eigenvalue weighted by Crippen LogP contribution is -1.93. The van der Waals surface area contributed by atoms with Crippen molar-refractivity contribution in [3.63, 3.8) is 0 Å². The van der Waals surface area contributed by atoms with Crippen LogP contribution in [0.15, 0.2) is 12.1 Å². The molecule has 8 nitrogen and oxygen atoms in total. The van der Waals surface area contributed by atoms with Crippen LogP contribution in [0.3, 0.4) is 0 Å². The van der Waals surface area contributed by atoms with E-state index in [1.165, 1.54) is 6.07 Å². The molecule has 0 bridgehead atoms. The Kier molecular flexibility index (Phi) is 2.16. The second-order valence-electron chi connectivity index (χ2n) is 2.88. The first-order chi connectivity index (χ1) is 7.49. The highest BCUT2D eigenvalue weighted by Gasteiger charge is 2.22. The lowest BCUT2D eigenvalue weighted by atomic mass is 10.2. The monoisotopic (exact) mass is 240 g/mol. The number of non-ortho nitro benzene ring substituents is 2. The second-order valence-corrected chi connectivity index (χ2v) is 3.94. The molecule has 0 aliphatic carbocycles. The highest BCUT2D eigenvalue weighted by atomic mass is 32.1. The van der Waals surface area contributed by atoms with Crippen LogP contribution in [0.2, 0.25) is 0 Å². The van der Waals surface area contributed by atoms with Gasteiger partial charge in [-0.1, -0.05) is 11.3 Å². The van der Waals surface area contributed by atoms with Crippen LogP contribution >= 0.6 is 11.3 Å². The summed E-state index contributed by atoms with van der Waals surface area (Å²) < 4.78 is 0.332. The molecule has 82 valence electrons. The van der Waals surface area contributed by atoms with Crippen molar-refractivity contribution in [2.45, 2.75) is 0 Å². The van der Waals surface area contributed by atoms with Crippen molar-refractivity contribution >= 4 is 38.1 Å². The van der Waals surface area contributed by atoms with E-state index in [2.05, 4.69) is 4.98 Å². The summed E-state index contributed by atoms with van der Waals surface area (Å²) in [6.45, 7) is 0. The second kappa shape index (κ2) is 3.38. The summed E-state index contributed by atoms with van der Waals surface area (Å²) in [5.41, 5.74) is 4.73. The molecule has 2 N–H and O–H groups in total. The SMILES string of the molecule is Nc1nc2c([N+](=O)[O-])cc([N+](=O)[O-])cc2s1. The maximum Gasteiger partial charge on any atom is 0.303 e. The predicted octanol–water partition coefficient (Wildman–Crippen LogP) is 1.69. The smallest absolute Gasteiger partial charge is 0.303 e. The first kappa shape index (κ1) is 10.2. The summed E-state index contributed by atoms with van der Waals surface area (Å²) >= 11 is 0.973. The lowest BCUT2D eigenvalue weighted by Gasteiger charge is -1.93. The van der Waals surface area contributed by atoms with Crippen LogP contribution in [-0.4, -0.2) is 14.8 Å². The highest BCUT2D eigenvalue weighted by molar-refractivity contribution is 7.22. The molecule has 1 aromatic carbocycles. The fraction of sp³-hybridized carbons (Fsp3) is 0. The Hall–Kier alpha value is -2.29. The molecule has 0 amide bonds. The number of anilines is 1. The minimum Gasteiger partial charge on any atom is -0.375 e. The Balaban J connectivity index is 2.83. The fourth-order valence-corrected chi connectivity index (χ4v) is 2.05. The van der Waals surface area contributed by atoms with Crippen LogP contribution in [-0.2, 0) is 0 Å². The van der Waals surface area contributed by atoms with Crippen LogP contribution in [0.5, 0.6) is 0 Å². The number of hydrogen-bond donors (Lipinski definition) is 1. The summed E-state index contributed by atoms with van der Waals surface area (Å²) in [5.74, 6) is 0. The van der Waals surface area contributed by atoms with Crippen molar-refractivity contribution in [3.8, 4) is 0 Å². The zero-order valence-corrected chi connectivity index (χ0v) is 8.43. The number of thiazole rings is 1. The summed E-state index contributed by atoms with van der Waals surface area (Å²) in [4.78, 5) is 23.6. The average molecular weight is 240 g/mol. The first-order valence-corrected chi connectivity index (χ1v) is 4.79. The van der Waals surface area contributed by atoms with E-state index in [-0.39, 0.29) is 16.3 Å². The van der Waals surface area contributed by atoms with Gasteiger partial charge in [0.15, 0.2) is 10.6 Å². The number of aromatic nitrogens is 1. The zero-order chi connectivity index (χ0) is 11.9. The van der Waals surface area contributed by atoms with Gasteiger partial charge in [-0.2, -0.15) is 0 Å². The molecule has 0 saturated heterocycles. The molecule has 2 rings (SSSR count). The maximum atomic E-state index is 10.7. The molecule has 0 aliphatic heterocycles. The van der Waals surface area contributed by atoms with E-state index in [4.69, 9.17) is 5.73 Å². The summed E-state index contributed by atoms with van der Waals surface area (Å²) in [6, 6.07) is 2.10. The quantitative estimate of drug-likeness (QED) is 0.628. The van der Waals surface area contributed by atoms with Crippen LogP contribution < -0.4 is 5.73 Å². The maximum absolute atomic E-state index is 10.7. The number of nitro groups is 2. The van der Waals surface area contributed by atoms with E-state index in [0.29, 0.717) is 4.70 Å². The number of rotatable bonds is 2. The molecule has 0 aliphatic rings. The van der Waals surface area contributed by atoms with Crippen LogP contribution in [0.4, 0.5) is 16.5 Å². The Bertz CT molecular complexity index is 608. The molecule has 2 aromatic rings. The molecule has 9 heteroatoms. The van der Waals surface area contributed by atoms with Crippen molar-refractivity contribution in [2.75, 3.05) is 5.73 Å². The lowest BCUT2D eigenvalue weighted by molar-refractivity contribution is -0.393. The van der Waals surface area contributed by atoms with Crippen molar-refractivity contribution < 1.29 is 9.85 Å². The minimum atomic E-state index is -0.714. The molecule has 0 saturated carbocycles. The van der Waals surface area contributed by atoms with Gasteiger partial charge >= 0.3 is 5.69 Å². The molecule has 1 aromatic heterocycles. The van der Waals surface area contributed by atoms with Crippen molar-refractivity contribution in [2.24, 2.45) is 0 Å². The average Bonchev–Trinajstić information content (AvgIpc) is 2.55. The van der Waals surface area contributed by atoms with E-state index >= 15 is 0 Å². The van der Waals surface area contributed by atoms with E-state index < -0.39 is 15.5 Å². The van der Waals surface area contributed by atoms with Gasteiger partial charge in [-0.3, -0.25) is 20.2 Å². The molecular weight excluding hydrogens is 236 g/mol. The summed E-state index contributed by atoms with van der Waals surface area (Å²) in [7, 11) is 0. The molecule has 0 unspecified atom stereocenters. The standard InChI is InChI=1S/C7H4N4O4S/c8-7-9-6-4(11(14)15)1-3(10(12)13)2-5(6)16-7/h1-2H,(H2,8,9). The molecule has 0 atom stereocenters. The molecular formula is C7H4N4O4S. The van der Waals surface area contributed by atoms with Gasteiger partial charge in [-0.25, -0.2) is 4.98 Å². The summed E-state index contributed by atoms with van der Waals surface area (Å²) in [5, 5.41) is 21.4. The van der Waals surface area contributed by atoms with Gasteiger partial charge in [0.2, 0.25) is 0 Å². The number of hydrogen-bond acceptors (Lipinski definition) is 7. The third kappa shape index (κ3) is 1.52. The highest BCUT2D eigenvalue weighted by Crippen LogP contribution is 2.34. The summed E-state index contributed by atoms with van der Waals surface area (Å²) in [6.07, 6.45) is 0. The predicted molar refractivity (Wildman–Crippen MR) is 57.3 cm³/mol. The van der Waals surface area contributed by atoms with E-state index in [1.54, 1.807) is 0 Å². The minimum absolute atomic E-state index is 0.0816.